The van der Waals surface area contributed by atoms with Gasteiger partial charge in [0, 0.05) is 42.5 Å². The Morgan fingerprint density at radius 3 is 2.69 bits per heavy atom. The van der Waals surface area contributed by atoms with Gasteiger partial charge in [0.1, 0.15) is 0 Å². The van der Waals surface area contributed by atoms with Gasteiger partial charge in [0.25, 0.3) is 0 Å². The van der Waals surface area contributed by atoms with Gasteiger partial charge in [-0.2, -0.15) is 0 Å². The number of carbonyl (C=O) groups is 1. The fourth-order valence-corrected chi connectivity index (χ4v) is 8.05. The Morgan fingerprint density at radius 1 is 1.03 bits per heavy atom. The summed E-state index contributed by atoms with van der Waals surface area (Å²) in [7, 11) is 0. The number of rotatable bonds is 3. The third-order valence-corrected chi connectivity index (χ3v) is 9.83. The van der Waals surface area contributed by atoms with Gasteiger partial charge in [-0.1, -0.05) is 55.7 Å². The lowest BCUT2D eigenvalue weighted by Gasteiger charge is -2.48. The van der Waals surface area contributed by atoms with Crippen molar-refractivity contribution in [2.75, 3.05) is 19.6 Å². The summed E-state index contributed by atoms with van der Waals surface area (Å²) in [5, 5.41) is 3.66. The first kappa shape index (κ1) is 23.2. The summed E-state index contributed by atoms with van der Waals surface area (Å²) in [6.45, 7) is 4.71. The second-order valence-corrected chi connectivity index (χ2v) is 11.8. The fourth-order valence-electron chi connectivity index (χ4n) is 8.05. The van der Waals surface area contributed by atoms with Gasteiger partial charge >= 0.3 is 0 Å². The van der Waals surface area contributed by atoms with Crippen LogP contribution in [0.25, 0.3) is 0 Å². The zero-order valence-electron chi connectivity index (χ0n) is 21.3. The second-order valence-electron chi connectivity index (χ2n) is 11.8. The molecule has 4 atom stereocenters. The van der Waals surface area contributed by atoms with Crippen LogP contribution >= 0.6 is 0 Å². The van der Waals surface area contributed by atoms with Crippen molar-refractivity contribution in [2.45, 2.75) is 88.5 Å². The highest BCUT2D eigenvalue weighted by molar-refractivity contribution is 5.82. The highest BCUT2D eigenvalue weighted by Gasteiger charge is 2.52. The molecule has 3 heterocycles. The van der Waals surface area contributed by atoms with Gasteiger partial charge in [0.15, 0.2) is 0 Å². The van der Waals surface area contributed by atoms with Crippen molar-refractivity contribution in [1.29, 1.82) is 0 Å². The minimum atomic E-state index is -0.0846. The van der Waals surface area contributed by atoms with Gasteiger partial charge < -0.3 is 10.2 Å². The Labute approximate surface area is 210 Å². The molecule has 4 aliphatic rings. The highest BCUT2D eigenvalue weighted by atomic mass is 16.2. The smallest absolute Gasteiger partial charge is 0.228 e. The van der Waals surface area contributed by atoms with E-state index in [4.69, 9.17) is 4.98 Å². The topological polar surface area (TPSA) is 45.2 Å². The van der Waals surface area contributed by atoms with E-state index in [1.807, 2.05) is 0 Å². The van der Waals surface area contributed by atoms with Crippen LogP contribution in [0.4, 0.5) is 0 Å². The minimum absolute atomic E-state index is 0.0328. The van der Waals surface area contributed by atoms with Crippen LogP contribution in [-0.4, -0.2) is 41.5 Å². The molecular formula is C31H41N3O. The molecule has 1 saturated carbocycles. The molecule has 1 amide bonds. The van der Waals surface area contributed by atoms with Crippen LogP contribution in [0.1, 0.15) is 86.2 Å². The van der Waals surface area contributed by atoms with Crippen LogP contribution in [0, 0.1) is 18.8 Å². The predicted octanol–water partition coefficient (Wildman–Crippen LogP) is 5.54. The largest absolute Gasteiger partial charge is 0.339 e. The number of likely N-dealkylation sites (tertiary alicyclic amines) is 1. The highest BCUT2D eigenvalue weighted by Crippen LogP contribution is 2.47. The summed E-state index contributed by atoms with van der Waals surface area (Å²) in [5.41, 5.74) is 5.06. The lowest BCUT2D eigenvalue weighted by atomic mass is 9.64. The number of piperidine rings is 1. The summed E-state index contributed by atoms with van der Waals surface area (Å²) in [5.74, 6) is 1.69. The molecule has 0 bridgehead atoms. The zero-order chi connectivity index (χ0) is 23.8. The van der Waals surface area contributed by atoms with E-state index in [-0.39, 0.29) is 11.3 Å². The lowest BCUT2D eigenvalue weighted by Crippen LogP contribution is -2.55. The van der Waals surface area contributed by atoms with Crippen molar-refractivity contribution >= 4 is 5.91 Å². The Balaban J connectivity index is 1.30. The number of fused-ring (bicyclic) bond motifs is 2. The predicted molar refractivity (Wildman–Crippen MR) is 140 cm³/mol. The number of nitrogens with zero attached hydrogens (tertiary/aromatic N) is 2. The molecule has 2 aliphatic carbocycles. The first-order chi connectivity index (χ1) is 17.2. The number of aryl methyl sites for hydroxylation is 2. The molecule has 1 aromatic heterocycles. The van der Waals surface area contributed by atoms with Gasteiger partial charge in [0.05, 0.1) is 5.92 Å². The van der Waals surface area contributed by atoms with Crippen LogP contribution in [0.15, 0.2) is 42.5 Å². The number of nitrogens with one attached hydrogen (secondary N) is 1. The van der Waals surface area contributed by atoms with Crippen molar-refractivity contribution in [1.82, 2.24) is 15.2 Å². The molecule has 2 saturated heterocycles. The molecule has 186 valence electrons. The number of aromatic nitrogens is 1. The lowest BCUT2D eigenvalue weighted by molar-refractivity contribution is -0.143. The van der Waals surface area contributed by atoms with Crippen molar-refractivity contribution < 1.29 is 4.79 Å². The maximum absolute atomic E-state index is 14.5. The summed E-state index contributed by atoms with van der Waals surface area (Å²) in [4.78, 5) is 21.8. The van der Waals surface area contributed by atoms with Crippen molar-refractivity contribution in [3.8, 4) is 0 Å². The standard InChI is InChI=1S/C31H41N3O/c1-22-14-15-26-28(33-22)13-8-17-31(26)21-32-20-27(31)30(35)34-18-16-25(23-9-4-2-5-10-23)19-29(34)24-11-6-3-7-12-24/h2,4-5,9-10,14-15,24-25,27,29,32H,3,6-8,11-13,16-21H2,1H3/t25-,27-,29-,31-/m0/s1. The monoisotopic (exact) mass is 471 g/mol. The summed E-state index contributed by atoms with van der Waals surface area (Å²) in [6.07, 6.45) is 12.1. The average molecular weight is 472 g/mol. The quantitative estimate of drug-likeness (QED) is 0.639. The number of carbonyl (C=O) groups excluding carboxylic acids is 1. The summed E-state index contributed by atoms with van der Waals surface area (Å²) < 4.78 is 0. The first-order valence-corrected chi connectivity index (χ1v) is 14.2. The number of benzene rings is 1. The molecule has 6 rings (SSSR count). The Bertz CT molecular complexity index is 1050. The second kappa shape index (κ2) is 9.69. The van der Waals surface area contributed by atoms with E-state index in [0.29, 0.717) is 23.8 Å². The molecule has 0 unspecified atom stereocenters. The van der Waals surface area contributed by atoms with Crippen LogP contribution < -0.4 is 5.32 Å². The van der Waals surface area contributed by atoms with Gasteiger partial charge in [-0.15, -0.1) is 0 Å². The van der Waals surface area contributed by atoms with E-state index < -0.39 is 0 Å². The Kier molecular flexibility index (Phi) is 6.43. The van der Waals surface area contributed by atoms with Gasteiger partial charge in [0.2, 0.25) is 5.91 Å². The van der Waals surface area contributed by atoms with E-state index in [1.54, 1.807) is 0 Å². The molecule has 4 heteroatoms. The molecule has 35 heavy (non-hydrogen) atoms. The van der Waals surface area contributed by atoms with Crippen molar-refractivity contribution in [3.63, 3.8) is 0 Å². The SMILES string of the molecule is Cc1ccc2c(n1)CCC[C@]21CNC[C@H]1C(=O)N1CC[C@H](c2ccccc2)C[C@H]1C1CCCCC1. The average Bonchev–Trinajstić information content (AvgIpc) is 3.32. The molecule has 1 aromatic carbocycles. The molecule has 2 aliphatic heterocycles. The molecule has 2 aromatic rings. The minimum Gasteiger partial charge on any atom is -0.339 e. The number of pyridine rings is 1. The number of hydrogen-bond donors (Lipinski definition) is 1. The third kappa shape index (κ3) is 4.22. The van der Waals surface area contributed by atoms with Crippen molar-refractivity contribution in [2.24, 2.45) is 11.8 Å². The first-order valence-electron chi connectivity index (χ1n) is 14.2. The molecule has 4 nitrogen and oxygen atoms in total. The van der Waals surface area contributed by atoms with E-state index in [9.17, 15) is 4.79 Å². The van der Waals surface area contributed by atoms with Crippen LogP contribution in [0.3, 0.4) is 0 Å². The number of amides is 1. The molecule has 3 fully saturated rings. The maximum Gasteiger partial charge on any atom is 0.228 e. The summed E-state index contributed by atoms with van der Waals surface area (Å²) in [6, 6.07) is 15.9. The van der Waals surface area contributed by atoms with Crippen molar-refractivity contribution in [3.05, 3.63) is 65.0 Å². The van der Waals surface area contributed by atoms with Gasteiger partial charge in [-0.25, -0.2) is 0 Å². The van der Waals surface area contributed by atoms with Crippen LogP contribution in [0.2, 0.25) is 0 Å². The van der Waals surface area contributed by atoms with Crippen LogP contribution in [-0.2, 0) is 16.6 Å². The van der Waals surface area contributed by atoms with E-state index in [1.165, 1.54) is 48.9 Å². The van der Waals surface area contributed by atoms with Crippen LogP contribution in [0.5, 0.6) is 0 Å². The normalized spacial score (nSPS) is 31.5. The van der Waals surface area contributed by atoms with E-state index in [2.05, 4.69) is 59.6 Å². The van der Waals surface area contributed by atoms with Gasteiger partial charge in [-0.3, -0.25) is 9.78 Å². The summed E-state index contributed by atoms with van der Waals surface area (Å²) >= 11 is 0. The molecular weight excluding hydrogens is 430 g/mol. The molecule has 0 radical (unpaired) electrons. The Morgan fingerprint density at radius 2 is 1.86 bits per heavy atom. The van der Waals surface area contributed by atoms with Gasteiger partial charge in [-0.05, 0) is 80.9 Å². The zero-order valence-corrected chi connectivity index (χ0v) is 21.3. The Hall–Kier alpha value is -2.20. The molecule has 1 spiro atoms. The third-order valence-electron chi connectivity index (χ3n) is 9.83. The van der Waals surface area contributed by atoms with E-state index >= 15 is 0 Å². The number of hydrogen-bond acceptors (Lipinski definition) is 3. The maximum atomic E-state index is 14.5. The van der Waals surface area contributed by atoms with E-state index in [0.717, 1.165) is 57.4 Å². The molecule has 1 N–H and O–H groups in total. The fraction of sp³-hybridized carbons (Fsp3) is 0.613.